The van der Waals surface area contributed by atoms with Crippen molar-refractivity contribution in [3.63, 3.8) is 0 Å². The van der Waals surface area contributed by atoms with Crippen LogP contribution in [0.2, 0.25) is 0 Å². The lowest BCUT2D eigenvalue weighted by Crippen LogP contribution is -2.50. The molecular formula is C17H29N3O2. The van der Waals surface area contributed by atoms with E-state index in [1.807, 2.05) is 0 Å². The highest BCUT2D eigenvalue weighted by Crippen LogP contribution is 2.22. The Morgan fingerprint density at radius 2 is 1.82 bits per heavy atom. The van der Waals surface area contributed by atoms with Gasteiger partial charge in [0.1, 0.15) is 0 Å². The molecule has 1 atom stereocenters. The largest absolute Gasteiger partial charge is 0.340 e. The third kappa shape index (κ3) is 3.45. The zero-order chi connectivity index (χ0) is 15.5. The number of carbonyl (C=O) groups is 2. The maximum Gasteiger partial charge on any atom is 0.236 e. The number of amides is 2. The molecule has 0 saturated carbocycles. The lowest BCUT2D eigenvalue weighted by molar-refractivity contribution is -0.137. The van der Waals surface area contributed by atoms with Crippen molar-refractivity contribution in [3.05, 3.63) is 0 Å². The van der Waals surface area contributed by atoms with Crippen molar-refractivity contribution >= 4 is 11.8 Å². The van der Waals surface area contributed by atoms with E-state index >= 15 is 0 Å². The van der Waals surface area contributed by atoms with Gasteiger partial charge in [0.15, 0.2) is 0 Å². The smallest absolute Gasteiger partial charge is 0.236 e. The summed E-state index contributed by atoms with van der Waals surface area (Å²) in [6.07, 6.45) is 7.33. The molecule has 3 fully saturated rings. The first kappa shape index (κ1) is 15.8. The molecule has 3 heterocycles. The zero-order valence-corrected chi connectivity index (χ0v) is 13.8. The van der Waals surface area contributed by atoms with E-state index in [0.29, 0.717) is 30.4 Å². The van der Waals surface area contributed by atoms with Gasteiger partial charge in [-0.25, -0.2) is 0 Å². The van der Waals surface area contributed by atoms with Crippen LogP contribution in [0.5, 0.6) is 0 Å². The van der Waals surface area contributed by atoms with Crippen LogP contribution in [0.15, 0.2) is 0 Å². The average molecular weight is 307 g/mol. The van der Waals surface area contributed by atoms with Crippen molar-refractivity contribution in [1.29, 1.82) is 0 Å². The lowest BCUT2D eigenvalue weighted by atomic mass is 10.0. The maximum atomic E-state index is 12.5. The summed E-state index contributed by atoms with van der Waals surface area (Å²) in [7, 11) is 0. The van der Waals surface area contributed by atoms with Gasteiger partial charge < -0.3 is 9.80 Å². The van der Waals surface area contributed by atoms with Crippen LogP contribution < -0.4 is 0 Å². The molecule has 0 bridgehead atoms. The molecule has 0 spiro atoms. The van der Waals surface area contributed by atoms with Crippen LogP contribution >= 0.6 is 0 Å². The number of likely N-dealkylation sites (tertiary alicyclic amines) is 3. The standard InChI is InChI=1S/C17H29N3O2/c1-14-5-2-3-9-19(14)17(22)13-18-11-7-15(8-12-18)20-10-4-6-16(20)21/h14-15H,2-13H2,1H3/t14-/m1/s1. The first-order valence-corrected chi connectivity index (χ1v) is 8.96. The molecule has 0 N–H and O–H groups in total. The van der Waals surface area contributed by atoms with Crippen LogP contribution in [0.1, 0.15) is 51.9 Å². The van der Waals surface area contributed by atoms with Crippen LogP contribution in [0, 0.1) is 0 Å². The SMILES string of the molecule is C[C@@H]1CCCCN1C(=O)CN1CCC(N2CCCC2=O)CC1. The summed E-state index contributed by atoms with van der Waals surface area (Å²) in [5.41, 5.74) is 0. The number of hydrogen-bond acceptors (Lipinski definition) is 3. The van der Waals surface area contributed by atoms with Gasteiger partial charge in [0.05, 0.1) is 6.54 Å². The zero-order valence-electron chi connectivity index (χ0n) is 13.8. The fourth-order valence-electron chi connectivity index (χ4n) is 4.20. The Bertz CT molecular complexity index is 418. The van der Waals surface area contributed by atoms with Crippen LogP contribution in [0.25, 0.3) is 0 Å². The third-order valence-corrected chi connectivity index (χ3v) is 5.59. The van der Waals surface area contributed by atoms with Gasteiger partial charge >= 0.3 is 0 Å². The highest BCUT2D eigenvalue weighted by atomic mass is 16.2. The topological polar surface area (TPSA) is 43.9 Å². The van der Waals surface area contributed by atoms with Gasteiger partial charge in [0.2, 0.25) is 11.8 Å². The maximum absolute atomic E-state index is 12.5. The summed E-state index contributed by atoms with van der Waals surface area (Å²) in [6.45, 7) is 6.49. The van der Waals surface area contributed by atoms with Gasteiger partial charge in [-0.2, -0.15) is 0 Å². The summed E-state index contributed by atoms with van der Waals surface area (Å²) in [4.78, 5) is 30.7. The highest BCUT2D eigenvalue weighted by Gasteiger charge is 2.32. The Labute approximate surface area is 133 Å². The van der Waals surface area contributed by atoms with Gasteiger partial charge in [-0.15, -0.1) is 0 Å². The molecule has 0 aromatic heterocycles. The molecule has 3 aliphatic rings. The molecule has 0 aromatic rings. The van der Waals surface area contributed by atoms with E-state index in [9.17, 15) is 9.59 Å². The number of carbonyl (C=O) groups excluding carboxylic acids is 2. The van der Waals surface area contributed by atoms with Crippen LogP contribution in [0.4, 0.5) is 0 Å². The Balaban J connectivity index is 1.45. The second kappa shape index (κ2) is 6.99. The molecule has 124 valence electrons. The summed E-state index contributed by atoms with van der Waals surface area (Å²) in [5, 5.41) is 0. The number of rotatable bonds is 3. The second-order valence-corrected chi connectivity index (χ2v) is 7.13. The lowest BCUT2D eigenvalue weighted by Gasteiger charge is -2.38. The van der Waals surface area contributed by atoms with Gasteiger partial charge in [0, 0.05) is 44.7 Å². The van der Waals surface area contributed by atoms with E-state index in [-0.39, 0.29) is 0 Å². The summed E-state index contributed by atoms with van der Waals surface area (Å²) < 4.78 is 0. The normalized spacial score (nSPS) is 28.4. The van der Waals surface area contributed by atoms with Crippen molar-refractivity contribution in [2.45, 2.75) is 64.0 Å². The van der Waals surface area contributed by atoms with E-state index in [1.165, 1.54) is 6.42 Å². The predicted molar refractivity (Wildman–Crippen MR) is 85.4 cm³/mol. The molecule has 3 saturated heterocycles. The van der Waals surface area contributed by atoms with Crippen molar-refractivity contribution in [3.8, 4) is 0 Å². The van der Waals surface area contributed by atoms with Crippen molar-refractivity contribution in [2.75, 3.05) is 32.7 Å². The van der Waals surface area contributed by atoms with E-state index in [1.54, 1.807) is 0 Å². The Kier molecular flexibility index (Phi) is 5.01. The minimum absolute atomic E-state index is 0.294. The Morgan fingerprint density at radius 3 is 2.45 bits per heavy atom. The quantitative estimate of drug-likeness (QED) is 0.793. The minimum Gasteiger partial charge on any atom is -0.340 e. The predicted octanol–water partition coefficient (Wildman–Crippen LogP) is 1.47. The summed E-state index contributed by atoms with van der Waals surface area (Å²) >= 11 is 0. The van der Waals surface area contributed by atoms with Crippen LogP contribution in [0.3, 0.4) is 0 Å². The molecule has 3 rings (SSSR count). The van der Waals surface area contributed by atoms with E-state index in [4.69, 9.17) is 0 Å². The molecule has 22 heavy (non-hydrogen) atoms. The minimum atomic E-state index is 0.294. The van der Waals surface area contributed by atoms with Crippen molar-refractivity contribution < 1.29 is 9.59 Å². The van der Waals surface area contributed by atoms with Crippen LogP contribution in [-0.2, 0) is 9.59 Å². The molecule has 0 unspecified atom stereocenters. The van der Waals surface area contributed by atoms with Gasteiger partial charge in [0.25, 0.3) is 0 Å². The van der Waals surface area contributed by atoms with Gasteiger partial charge in [-0.05, 0) is 45.4 Å². The molecule has 2 amide bonds. The summed E-state index contributed by atoms with van der Waals surface area (Å²) in [6, 6.07) is 0.816. The van der Waals surface area contributed by atoms with Crippen molar-refractivity contribution in [2.24, 2.45) is 0 Å². The average Bonchev–Trinajstić information content (AvgIpc) is 2.94. The second-order valence-electron chi connectivity index (χ2n) is 7.13. The molecule has 5 heteroatoms. The van der Waals surface area contributed by atoms with E-state index in [0.717, 1.165) is 64.7 Å². The fourth-order valence-corrected chi connectivity index (χ4v) is 4.20. The first-order valence-electron chi connectivity index (χ1n) is 8.96. The molecule has 0 aromatic carbocycles. The fraction of sp³-hybridized carbons (Fsp3) is 0.882. The number of hydrogen-bond donors (Lipinski definition) is 0. The Hall–Kier alpha value is -1.10. The molecule has 5 nitrogen and oxygen atoms in total. The number of nitrogens with zero attached hydrogens (tertiary/aromatic N) is 3. The molecule has 0 radical (unpaired) electrons. The van der Waals surface area contributed by atoms with Crippen LogP contribution in [-0.4, -0.2) is 71.3 Å². The summed E-state index contributed by atoms with van der Waals surface area (Å²) in [5.74, 6) is 0.625. The third-order valence-electron chi connectivity index (χ3n) is 5.59. The first-order chi connectivity index (χ1) is 10.6. The van der Waals surface area contributed by atoms with Crippen molar-refractivity contribution in [1.82, 2.24) is 14.7 Å². The molecule has 3 aliphatic heterocycles. The highest BCUT2D eigenvalue weighted by molar-refractivity contribution is 5.79. The monoisotopic (exact) mass is 307 g/mol. The van der Waals surface area contributed by atoms with E-state index < -0.39 is 0 Å². The molecule has 0 aliphatic carbocycles. The molecular weight excluding hydrogens is 278 g/mol. The van der Waals surface area contributed by atoms with E-state index in [2.05, 4.69) is 21.6 Å². The Morgan fingerprint density at radius 1 is 1.05 bits per heavy atom. The number of piperidine rings is 2. The van der Waals surface area contributed by atoms with Gasteiger partial charge in [-0.1, -0.05) is 0 Å². The van der Waals surface area contributed by atoms with Gasteiger partial charge in [-0.3, -0.25) is 14.5 Å².